The van der Waals surface area contributed by atoms with Crippen molar-refractivity contribution in [1.29, 1.82) is 0 Å². The number of nitrogens with one attached hydrogen (secondary N) is 1. The number of carbonyl (C=O) groups excluding carboxylic acids is 3. The molecule has 0 saturated carbocycles. The maximum atomic E-state index is 13.8. The molecule has 3 aliphatic rings. The van der Waals surface area contributed by atoms with Crippen LogP contribution in [0.25, 0.3) is 0 Å². The van der Waals surface area contributed by atoms with Crippen LogP contribution in [0.4, 0.5) is 5.69 Å². The number of fused-ring (bicyclic) bond motifs is 1. The molecule has 1 aromatic rings. The number of halogens is 1. The van der Waals surface area contributed by atoms with Gasteiger partial charge in [0.2, 0.25) is 11.8 Å². The number of hydrogen-bond acceptors (Lipinski definition) is 6. The Hall–Kier alpha value is -1.77. The Kier molecular flexibility index (Phi) is 6.99. The molecule has 180 valence electrons. The summed E-state index contributed by atoms with van der Waals surface area (Å²) in [6, 6.07) is 6.21. The molecular weight excluding hydrogens is 464 g/mol. The molecule has 33 heavy (non-hydrogen) atoms. The fourth-order valence-corrected chi connectivity index (χ4v) is 8.34. The molecule has 3 fully saturated rings. The van der Waals surface area contributed by atoms with Crippen molar-refractivity contribution in [3.05, 3.63) is 29.3 Å². The lowest BCUT2D eigenvalue weighted by Gasteiger charge is -2.34. The SMILES string of the molecule is CCOC(=O)[C@@H]1[C@H]2C(=O)N(CCCCCO)C(C(=O)Nc3ccc(Cl)cc3)C23CC[C@@]1(C)S3. The molecule has 2 unspecified atom stereocenters. The monoisotopic (exact) mass is 494 g/mol. The highest BCUT2D eigenvalue weighted by Gasteiger charge is 2.77. The van der Waals surface area contributed by atoms with E-state index >= 15 is 0 Å². The van der Waals surface area contributed by atoms with Gasteiger partial charge in [-0.3, -0.25) is 14.4 Å². The first-order valence-corrected chi connectivity index (χ1v) is 12.8. The van der Waals surface area contributed by atoms with Crippen molar-refractivity contribution in [2.24, 2.45) is 11.8 Å². The third kappa shape index (κ3) is 4.15. The van der Waals surface area contributed by atoms with Crippen molar-refractivity contribution < 1.29 is 24.2 Å². The molecule has 0 aliphatic carbocycles. The van der Waals surface area contributed by atoms with Crippen LogP contribution < -0.4 is 5.32 Å². The molecule has 4 rings (SSSR count). The van der Waals surface area contributed by atoms with Gasteiger partial charge in [0.25, 0.3) is 0 Å². The average Bonchev–Trinajstić information content (AvgIpc) is 3.34. The summed E-state index contributed by atoms with van der Waals surface area (Å²) < 4.78 is 4.31. The van der Waals surface area contributed by atoms with Crippen molar-refractivity contribution in [3.8, 4) is 0 Å². The van der Waals surface area contributed by atoms with Crippen LogP contribution >= 0.6 is 23.4 Å². The quantitative estimate of drug-likeness (QED) is 0.403. The predicted octanol–water partition coefficient (Wildman–Crippen LogP) is 3.49. The van der Waals surface area contributed by atoms with Crippen molar-refractivity contribution in [2.75, 3.05) is 25.1 Å². The molecule has 0 aromatic heterocycles. The highest BCUT2D eigenvalue weighted by molar-refractivity contribution is 8.02. The minimum Gasteiger partial charge on any atom is -0.466 e. The van der Waals surface area contributed by atoms with Gasteiger partial charge in [-0.25, -0.2) is 0 Å². The van der Waals surface area contributed by atoms with E-state index in [0.717, 1.165) is 12.8 Å². The maximum Gasteiger partial charge on any atom is 0.311 e. The first-order valence-electron chi connectivity index (χ1n) is 11.6. The van der Waals surface area contributed by atoms with E-state index in [1.807, 2.05) is 6.92 Å². The number of aliphatic hydroxyl groups excluding tert-OH is 1. The fraction of sp³-hybridized carbons (Fsp3) is 0.625. The summed E-state index contributed by atoms with van der Waals surface area (Å²) in [6.45, 7) is 4.57. The Morgan fingerprint density at radius 2 is 1.97 bits per heavy atom. The molecule has 3 heterocycles. The zero-order valence-electron chi connectivity index (χ0n) is 19.0. The minimum absolute atomic E-state index is 0.0974. The lowest BCUT2D eigenvalue weighted by molar-refractivity contribution is -0.155. The number of anilines is 1. The number of benzene rings is 1. The Morgan fingerprint density at radius 3 is 2.64 bits per heavy atom. The molecule has 9 heteroatoms. The van der Waals surface area contributed by atoms with E-state index in [2.05, 4.69) is 5.32 Å². The number of thioether (sulfide) groups is 1. The largest absolute Gasteiger partial charge is 0.466 e. The molecule has 3 aliphatic heterocycles. The van der Waals surface area contributed by atoms with Crippen LogP contribution in [0.2, 0.25) is 5.02 Å². The van der Waals surface area contributed by atoms with E-state index in [1.165, 1.54) is 0 Å². The van der Waals surface area contributed by atoms with Gasteiger partial charge in [0.1, 0.15) is 6.04 Å². The van der Waals surface area contributed by atoms with E-state index < -0.39 is 27.4 Å². The van der Waals surface area contributed by atoms with Gasteiger partial charge in [-0.1, -0.05) is 11.6 Å². The van der Waals surface area contributed by atoms with Gasteiger partial charge in [0.15, 0.2) is 0 Å². The number of likely N-dealkylation sites (tertiary alicyclic amines) is 1. The Labute approximate surface area is 203 Å². The average molecular weight is 495 g/mol. The van der Waals surface area contributed by atoms with Crippen LogP contribution in [0.3, 0.4) is 0 Å². The van der Waals surface area contributed by atoms with Gasteiger partial charge >= 0.3 is 5.97 Å². The van der Waals surface area contributed by atoms with Crippen molar-refractivity contribution in [1.82, 2.24) is 4.90 Å². The van der Waals surface area contributed by atoms with E-state index in [1.54, 1.807) is 47.9 Å². The normalized spacial score (nSPS) is 32.2. The van der Waals surface area contributed by atoms with Crippen LogP contribution in [-0.4, -0.2) is 63.1 Å². The summed E-state index contributed by atoms with van der Waals surface area (Å²) in [6.07, 6.45) is 3.55. The van der Waals surface area contributed by atoms with Crippen LogP contribution in [0.5, 0.6) is 0 Å². The summed E-state index contributed by atoms with van der Waals surface area (Å²) in [5, 5.41) is 12.7. The first kappa shape index (κ1) is 24.4. The first-order chi connectivity index (χ1) is 15.8. The van der Waals surface area contributed by atoms with Gasteiger partial charge in [-0.15, -0.1) is 11.8 Å². The van der Waals surface area contributed by atoms with Crippen molar-refractivity contribution >= 4 is 46.8 Å². The molecule has 1 spiro atoms. The number of rotatable bonds is 9. The summed E-state index contributed by atoms with van der Waals surface area (Å²) in [5.41, 5.74) is 0.614. The highest BCUT2D eigenvalue weighted by atomic mass is 35.5. The number of amides is 2. The van der Waals surface area contributed by atoms with Crippen LogP contribution in [-0.2, 0) is 19.1 Å². The second kappa shape index (κ2) is 9.47. The third-order valence-corrected chi connectivity index (χ3v) is 9.47. The number of ether oxygens (including phenoxy) is 1. The fourth-order valence-electron chi connectivity index (χ4n) is 5.87. The lowest BCUT2D eigenvalue weighted by atomic mass is 9.66. The molecule has 2 N–H and O–H groups in total. The highest BCUT2D eigenvalue weighted by Crippen LogP contribution is 2.71. The zero-order chi connectivity index (χ0) is 23.8. The summed E-state index contributed by atoms with van der Waals surface area (Å²) in [4.78, 5) is 42.1. The third-order valence-electron chi connectivity index (χ3n) is 7.23. The van der Waals surface area contributed by atoms with E-state index in [-0.39, 0.29) is 31.0 Å². The van der Waals surface area contributed by atoms with Crippen LogP contribution in [0.1, 0.15) is 46.0 Å². The summed E-state index contributed by atoms with van der Waals surface area (Å²) in [7, 11) is 0. The smallest absolute Gasteiger partial charge is 0.311 e. The molecule has 5 atom stereocenters. The molecule has 1 aromatic carbocycles. The lowest BCUT2D eigenvalue weighted by Crippen LogP contribution is -2.51. The molecular formula is C24H31ClN2O5S. The van der Waals surface area contributed by atoms with E-state index in [4.69, 9.17) is 21.4 Å². The van der Waals surface area contributed by atoms with Gasteiger partial charge in [-0.05, 0) is 70.2 Å². The number of carbonyl (C=O) groups is 3. The van der Waals surface area contributed by atoms with Crippen LogP contribution in [0, 0.1) is 11.8 Å². The molecule has 3 saturated heterocycles. The Balaban J connectivity index is 1.67. The standard InChI is InChI=1S/C24H31ClN2O5S/c1-3-32-22(31)18-17-21(30)27(13-5-4-6-14-28)19(24(17)12-11-23(18,2)33-24)20(29)26-16-9-7-15(25)8-10-16/h7-10,17-19,28H,3-6,11-14H2,1-2H3,(H,26,29)/t17-,18-,19?,23+,24?/m0/s1. The van der Waals surface area contributed by atoms with Crippen molar-refractivity contribution in [3.63, 3.8) is 0 Å². The maximum absolute atomic E-state index is 13.8. The second-order valence-electron chi connectivity index (χ2n) is 9.29. The number of nitrogens with zero attached hydrogens (tertiary/aromatic N) is 1. The Bertz CT molecular complexity index is 928. The van der Waals surface area contributed by atoms with Crippen molar-refractivity contribution in [2.45, 2.75) is 61.5 Å². The molecule has 0 radical (unpaired) electrons. The van der Waals surface area contributed by atoms with Crippen LogP contribution in [0.15, 0.2) is 24.3 Å². The minimum atomic E-state index is -0.675. The van der Waals surface area contributed by atoms with E-state index in [0.29, 0.717) is 36.5 Å². The molecule has 2 amide bonds. The second-order valence-corrected chi connectivity index (χ2v) is 11.6. The Morgan fingerprint density at radius 1 is 1.24 bits per heavy atom. The number of aliphatic hydroxyl groups is 1. The predicted molar refractivity (Wildman–Crippen MR) is 128 cm³/mol. The zero-order valence-corrected chi connectivity index (χ0v) is 20.6. The number of unbranched alkanes of at least 4 members (excludes halogenated alkanes) is 2. The molecule has 7 nitrogen and oxygen atoms in total. The van der Waals surface area contributed by atoms with E-state index in [9.17, 15) is 14.4 Å². The van der Waals surface area contributed by atoms with Gasteiger partial charge in [0.05, 0.1) is 23.2 Å². The summed E-state index contributed by atoms with van der Waals surface area (Å²) >= 11 is 7.61. The van der Waals surface area contributed by atoms with Gasteiger partial charge in [0, 0.05) is 28.6 Å². The number of hydrogen-bond donors (Lipinski definition) is 2. The number of esters is 1. The summed E-state index contributed by atoms with van der Waals surface area (Å²) in [5.74, 6) is -1.84. The molecule has 2 bridgehead atoms. The van der Waals surface area contributed by atoms with Gasteiger partial charge < -0.3 is 20.1 Å². The topological polar surface area (TPSA) is 95.9 Å². The van der Waals surface area contributed by atoms with Gasteiger partial charge in [-0.2, -0.15) is 0 Å².